The molecule has 10 heteroatoms. The Morgan fingerprint density at radius 1 is 0.744 bits per heavy atom. The standard InChI is InChI=1S/C29H32N4O6/c1-3-38-27(36)21(23(34)19-11-7-5-8-12-19)25-30-15-29(16-31-25)17-32-26(33-18-29)22(28(37)39-4-2)24(35)20-13-9-6-10-14-20/h5-14,34-35H,3-4,15-18H2,1-2H3,(H,30,31)(H,32,33)/b23-21-,24-22+. The summed E-state index contributed by atoms with van der Waals surface area (Å²) in [6, 6.07) is 17.5. The highest BCUT2D eigenvalue weighted by Gasteiger charge is 2.39. The van der Waals surface area contributed by atoms with Crippen LogP contribution in [-0.4, -0.2) is 73.2 Å². The Labute approximate surface area is 226 Å². The van der Waals surface area contributed by atoms with Crippen molar-refractivity contribution in [2.45, 2.75) is 13.8 Å². The number of hydrogen-bond donors (Lipinski definition) is 4. The van der Waals surface area contributed by atoms with Gasteiger partial charge in [0.05, 0.1) is 26.3 Å². The summed E-state index contributed by atoms with van der Waals surface area (Å²) < 4.78 is 10.4. The number of ether oxygens (including phenoxy) is 2. The Balaban J connectivity index is 1.60. The normalized spacial score (nSPS) is 19.8. The lowest BCUT2D eigenvalue weighted by molar-refractivity contribution is -0.138. The van der Waals surface area contributed by atoms with Gasteiger partial charge in [-0.1, -0.05) is 60.7 Å². The van der Waals surface area contributed by atoms with Gasteiger partial charge in [0.1, 0.15) is 34.3 Å². The van der Waals surface area contributed by atoms with Crippen molar-refractivity contribution in [3.8, 4) is 0 Å². The minimum absolute atomic E-state index is 0.0360. The monoisotopic (exact) mass is 532 g/mol. The largest absolute Gasteiger partial charge is 0.506 e. The highest BCUT2D eigenvalue weighted by atomic mass is 16.5. The molecule has 4 rings (SSSR count). The van der Waals surface area contributed by atoms with Gasteiger partial charge in [-0.25, -0.2) is 9.59 Å². The third-order valence-corrected chi connectivity index (χ3v) is 6.41. The number of carbonyl (C=O) groups is 2. The summed E-state index contributed by atoms with van der Waals surface area (Å²) in [5.41, 5.74) is 0.403. The van der Waals surface area contributed by atoms with Crippen LogP contribution in [0.15, 0.2) is 81.8 Å². The molecule has 204 valence electrons. The summed E-state index contributed by atoms with van der Waals surface area (Å²) >= 11 is 0. The number of nitrogens with zero attached hydrogens (tertiary/aromatic N) is 2. The van der Waals surface area contributed by atoms with Gasteiger partial charge < -0.3 is 30.3 Å². The fraction of sp³-hybridized carbons (Fsp3) is 0.310. The third-order valence-electron chi connectivity index (χ3n) is 6.41. The van der Waals surface area contributed by atoms with E-state index in [0.29, 0.717) is 37.3 Å². The van der Waals surface area contributed by atoms with Crippen molar-refractivity contribution in [3.63, 3.8) is 0 Å². The van der Waals surface area contributed by atoms with Gasteiger partial charge in [-0.3, -0.25) is 9.98 Å². The average molecular weight is 533 g/mol. The fourth-order valence-electron chi connectivity index (χ4n) is 4.32. The Kier molecular flexibility index (Phi) is 8.65. The van der Waals surface area contributed by atoms with E-state index in [4.69, 9.17) is 9.47 Å². The average Bonchev–Trinajstić information content (AvgIpc) is 2.96. The highest BCUT2D eigenvalue weighted by Crippen LogP contribution is 2.27. The van der Waals surface area contributed by atoms with Crippen LogP contribution < -0.4 is 10.6 Å². The number of carbonyl (C=O) groups excluding carboxylic acids is 2. The van der Waals surface area contributed by atoms with Gasteiger partial charge in [-0.15, -0.1) is 0 Å². The molecule has 1 unspecified atom stereocenters. The second-order valence-corrected chi connectivity index (χ2v) is 9.16. The molecule has 0 aliphatic carbocycles. The lowest BCUT2D eigenvalue weighted by Gasteiger charge is -2.38. The molecule has 2 heterocycles. The number of esters is 2. The fourth-order valence-corrected chi connectivity index (χ4v) is 4.32. The lowest BCUT2D eigenvalue weighted by atomic mass is 9.84. The van der Waals surface area contributed by atoms with Crippen molar-refractivity contribution in [2.24, 2.45) is 15.4 Å². The molecular formula is C29H32N4O6. The molecule has 2 aliphatic rings. The summed E-state index contributed by atoms with van der Waals surface area (Å²) in [6.45, 7) is 5.06. The molecule has 2 aromatic carbocycles. The van der Waals surface area contributed by atoms with Crippen molar-refractivity contribution in [3.05, 3.63) is 82.9 Å². The highest BCUT2D eigenvalue weighted by molar-refractivity contribution is 6.24. The summed E-state index contributed by atoms with van der Waals surface area (Å²) in [4.78, 5) is 34.7. The first-order valence-electron chi connectivity index (χ1n) is 12.8. The molecule has 2 aliphatic heterocycles. The van der Waals surface area contributed by atoms with Gasteiger partial charge in [0.2, 0.25) is 0 Å². The maximum absolute atomic E-state index is 12.8. The Bertz CT molecular complexity index is 1230. The summed E-state index contributed by atoms with van der Waals surface area (Å²) in [7, 11) is 0. The number of aliphatic imine (C=N–C) groups is 2. The summed E-state index contributed by atoms with van der Waals surface area (Å²) in [5, 5.41) is 28.2. The van der Waals surface area contributed by atoms with Crippen LogP contribution in [0.5, 0.6) is 0 Å². The molecule has 0 radical (unpaired) electrons. The van der Waals surface area contributed by atoms with Crippen LogP contribution in [0.4, 0.5) is 0 Å². The SMILES string of the molecule is CCOC(=O)/C(C1=NCC2(CN=C(/C(C(=O)OCC)=C(\O)c3ccccc3)NC2)CN1)=C(\O)c1ccccc1. The van der Waals surface area contributed by atoms with Crippen molar-refractivity contribution in [1.29, 1.82) is 0 Å². The van der Waals surface area contributed by atoms with Crippen molar-refractivity contribution < 1.29 is 29.3 Å². The molecular weight excluding hydrogens is 500 g/mol. The zero-order valence-corrected chi connectivity index (χ0v) is 21.9. The van der Waals surface area contributed by atoms with Crippen LogP contribution in [-0.2, 0) is 19.1 Å². The smallest absolute Gasteiger partial charge is 0.345 e. The Morgan fingerprint density at radius 2 is 1.13 bits per heavy atom. The second-order valence-electron chi connectivity index (χ2n) is 9.16. The number of benzene rings is 2. The third kappa shape index (κ3) is 6.11. The first-order valence-corrected chi connectivity index (χ1v) is 12.8. The van der Waals surface area contributed by atoms with E-state index in [1.165, 1.54) is 0 Å². The summed E-state index contributed by atoms with van der Waals surface area (Å²) in [6.07, 6.45) is 0. The molecule has 1 spiro atoms. The van der Waals surface area contributed by atoms with E-state index < -0.39 is 17.4 Å². The number of aliphatic hydroxyl groups excluding tert-OH is 2. The van der Waals surface area contributed by atoms with Crippen LogP contribution in [0, 0.1) is 5.41 Å². The van der Waals surface area contributed by atoms with E-state index in [-0.39, 0.29) is 47.5 Å². The Hall–Kier alpha value is -4.60. The van der Waals surface area contributed by atoms with Crippen molar-refractivity contribution in [2.75, 3.05) is 39.4 Å². The molecule has 39 heavy (non-hydrogen) atoms. The topological polar surface area (TPSA) is 142 Å². The van der Waals surface area contributed by atoms with E-state index in [0.717, 1.165) is 0 Å². The minimum atomic E-state index is -0.677. The predicted molar refractivity (Wildman–Crippen MR) is 148 cm³/mol. The first-order chi connectivity index (χ1) is 18.9. The molecule has 10 nitrogen and oxygen atoms in total. The molecule has 0 saturated heterocycles. The van der Waals surface area contributed by atoms with Gasteiger partial charge in [0, 0.05) is 29.6 Å². The van der Waals surface area contributed by atoms with Gasteiger partial charge in [0.25, 0.3) is 0 Å². The maximum atomic E-state index is 12.8. The van der Waals surface area contributed by atoms with Crippen molar-refractivity contribution >= 4 is 35.1 Å². The number of hydrogen-bond acceptors (Lipinski definition) is 10. The van der Waals surface area contributed by atoms with E-state index in [9.17, 15) is 19.8 Å². The van der Waals surface area contributed by atoms with E-state index in [1.807, 2.05) is 12.1 Å². The van der Waals surface area contributed by atoms with Gasteiger partial charge in [0.15, 0.2) is 0 Å². The molecule has 0 aromatic heterocycles. The van der Waals surface area contributed by atoms with Crippen LogP contribution in [0.3, 0.4) is 0 Å². The van der Waals surface area contributed by atoms with Crippen molar-refractivity contribution in [1.82, 2.24) is 10.6 Å². The van der Waals surface area contributed by atoms with E-state index >= 15 is 0 Å². The second kappa shape index (κ2) is 12.3. The van der Waals surface area contributed by atoms with Gasteiger partial charge in [-0.05, 0) is 13.8 Å². The number of aliphatic hydroxyl groups is 2. The predicted octanol–water partition coefficient (Wildman–Crippen LogP) is 3.04. The first kappa shape index (κ1) is 27.4. The van der Waals surface area contributed by atoms with Gasteiger partial charge >= 0.3 is 11.9 Å². The van der Waals surface area contributed by atoms with E-state index in [1.54, 1.807) is 62.4 Å². The quantitative estimate of drug-likeness (QED) is 0.231. The molecule has 1 atom stereocenters. The lowest BCUT2D eigenvalue weighted by Crippen LogP contribution is -2.56. The molecule has 4 N–H and O–H groups in total. The van der Waals surface area contributed by atoms with Crippen LogP contribution in [0.25, 0.3) is 11.5 Å². The maximum Gasteiger partial charge on any atom is 0.345 e. The van der Waals surface area contributed by atoms with E-state index in [2.05, 4.69) is 20.6 Å². The molecule has 0 amide bonds. The minimum Gasteiger partial charge on any atom is -0.506 e. The molecule has 0 fully saturated rings. The summed E-state index contributed by atoms with van der Waals surface area (Å²) in [5.74, 6) is -1.32. The number of amidine groups is 2. The number of nitrogens with one attached hydrogen (secondary N) is 2. The van der Waals surface area contributed by atoms with Crippen LogP contribution in [0.1, 0.15) is 25.0 Å². The van der Waals surface area contributed by atoms with Gasteiger partial charge in [-0.2, -0.15) is 0 Å². The molecule has 0 saturated carbocycles. The Morgan fingerprint density at radius 3 is 1.44 bits per heavy atom. The zero-order valence-electron chi connectivity index (χ0n) is 21.9. The molecule has 2 aromatic rings. The van der Waals surface area contributed by atoms with Crippen LogP contribution >= 0.6 is 0 Å². The zero-order chi connectivity index (χ0) is 27.8. The number of rotatable bonds is 8. The van der Waals surface area contributed by atoms with Crippen LogP contribution in [0.2, 0.25) is 0 Å². The molecule has 0 bridgehead atoms.